The van der Waals surface area contributed by atoms with Crippen molar-refractivity contribution in [3.63, 3.8) is 0 Å². The summed E-state index contributed by atoms with van der Waals surface area (Å²) in [5.41, 5.74) is 3.18. The molecule has 3 heterocycles. The number of nitrogens with one attached hydrogen (secondary N) is 2. The second kappa shape index (κ2) is 8.65. The fourth-order valence-electron chi connectivity index (χ4n) is 3.95. The number of carbonyl (C=O) groups excluding carboxylic acids is 3. The lowest BCUT2D eigenvalue weighted by Crippen LogP contribution is -2.51. The first-order valence-electron chi connectivity index (χ1n) is 10.2. The quantitative estimate of drug-likeness (QED) is 0.403. The van der Waals surface area contributed by atoms with Crippen LogP contribution in [0.25, 0.3) is 0 Å². The summed E-state index contributed by atoms with van der Waals surface area (Å²) in [4.78, 5) is 36.1. The van der Waals surface area contributed by atoms with Gasteiger partial charge in [-0.3, -0.25) is 14.9 Å². The maximum atomic E-state index is 12.7. The zero-order valence-electron chi connectivity index (χ0n) is 17.3. The summed E-state index contributed by atoms with van der Waals surface area (Å²) in [6.07, 6.45) is 4.32. The van der Waals surface area contributed by atoms with Gasteiger partial charge < -0.3 is 10.2 Å². The van der Waals surface area contributed by atoms with Crippen LogP contribution in [-0.4, -0.2) is 62.7 Å². The highest BCUT2D eigenvalue weighted by Gasteiger charge is 2.44. The van der Waals surface area contributed by atoms with Crippen LogP contribution in [0.5, 0.6) is 0 Å². The van der Waals surface area contributed by atoms with E-state index in [1.807, 2.05) is 24.3 Å². The minimum absolute atomic E-state index is 0.0351. The molecule has 0 aliphatic carbocycles. The molecule has 1 unspecified atom stereocenters. The minimum atomic E-state index is -1.40. The summed E-state index contributed by atoms with van der Waals surface area (Å²) in [5.74, 6) is 6.11. The van der Waals surface area contributed by atoms with Crippen molar-refractivity contribution in [3.8, 4) is 11.8 Å². The molecule has 4 rings (SSSR count). The molecular weight excluding hydrogens is 416 g/mol. The van der Waals surface area contributed by atoms with Crippen LogP contribution in [0, 0.1) is 11.8 Å². The van der Waals surface area contributed by atoms with Gasteiger partial charge in [-0.2, -0.15) is 0 Å². The predicted molar refractivity (Wildman–Crippen MR) is 116 cm³/mol. The SMILES string of the molecule is C[C@]1(CS(=O)N2CC=C(C#Cc3cccc4c3CCN(C=O)C4)CC2)NC(=O)NC1=O. The molecule has 1 fully saturated rings. The number of imide groups is 1. The Kier molecular flexibility index (Phi) is 5.94. The van der Waals surface area contributed by atoms with E-state index in [2.05, 4.69) is 22.5 Å². The first kappa shape index (κ1) is 21.3. The third-order valence-electron chi connectivity index (χ3n) is 5.79. The molecule has 0 saturated carbocycles. The van der Waals surface area contributed by atoms with Gasteiger partial charge in [-0.05, 0) is 37.0 Å². The first-order valence-corrected chi connectivity index (χ1v) is 11.4. The summed E-state index contributed by atoms with van der Waals surface area (Å²) in [5, 5.41) is 4.74. The molecule has 2 atom stereocenters. The Hall–Kier alpha value is -2.96. The number of amides is 4. The van der Waals surface area contributed by atoms with Crippen LogP contribution in [-0.2, 0) is 33.5 Å². The molecule has 8 nitrogen and oxygen atoms in total. The zero-order valence-corrected chi connectivity index (χ0v) is 18.1. The molecule has 2 N–H and O–H groups in total. The number of rotatable bonds is 4. The minimum Gasteiger partial charge on any atom is -0.341 e. The van der Waals surface area contributed by atoms with Crippen molar-refractivity contribution >= 4 is 29.3 Å². The van der Waals surface area contributed by atoms with Crippen molar-refractivity contribution in [1.29, 1.82) is 0 Å². The van der Waals surface area contributed by atoms with E-state index in [0.717, 1.165) is 29.5 Å². The van der Waals surface area contributed by atoms with Gasteiger partial charge in [-0.25, -0.2) is 13.3 Å². The number of urea groups is 1. The van der Waals surface area contributed by atoms with Crippen LogP contribution in [0.3, 0.4) is 0 Å². The normalized spacial score (nSPS) is 24.3. The summed E-state index contributed by atoms with van der Waals surface area (Å²) in [6.45, 7) is 3.95. The highest BCUT2D eigenvalue weighted by Crippen LogP contribution is 2.22. The van der Waals surface area contributed by atoms with Gasteiger partial charge in [0.1, 0.15) is 5.54 Å². The standard InChI is InChI=1S/C22H24N4O4S/c1-22(20(28)23-21(29)24-22)14-31(30)26-11-7-16(8-12-26)5-6-17-3-2-4-18-13-25(15-27)10-9-19(17)18/h2-4,7,15H,8-14H2,1H3,(H2,23,24,28,29)/t22-,31?/m1/s1. The molecule has 0 bridgehead atoms. The van der Waals surface area contributed by atoms with E-state index in [9.17, 15) is 18.6 Å². The number of carbonyl (C=O) groups is 3. The van der Waals surface area contributed by atoms with Gasteiger partial charge in [0.2, 0.25) is 6.41 Å². The van der Waals surface area contributed by atoms with Crippen LogP contribution in [0.2, 0.25) is 0 Å². The van der Waals surface area contributed by atoms with E-state index >= 15 is 0 Å². The van der Waals surface area contributed by atoms with Crippen molar-refractivity contribution in [2.75, 3.05) is 25.4 Å². The Labute approximate surface area is 183 Å². The second-order valence-electron chi connectivity index (χ2n) is 8.09. The number of hydrogen-bond donors (Lipinski definition) is 2. The fourth-order valence-corrected chi connectivity index (χ4v) is 5.37. The molecule has 1 saturated heterocycles. The topological polar surface area (TPSA) is 98.8 Å². The van der Waals surface area contributed by atoms with Gasteiger partial charge in [0.25, 0.3) is 5.91 Å². The maximum absolute atomic E-state index is 12.7. The number of hydrogen-bond acceptors (Lipinski definition) is 4. The average Bonchev–Trinajstić information content (AvgIpc) is 3.02. The number of nitrogens with zero attached hydrogens (tertiary/aromatic N) is 2. The summed E-state index contributed by atoms with van der Waals surface area (Å²) in [6, 6.07) is 5.46. The average molecular weight is 441 g/mol. The van der Waals surface area contributed by atoms with E-state index in [1.165, 1.54) is 5.56 Å². The molecule has 1 aromatic carbocycles. The molecule has 0 radical (unpaired) electrons. The van der Waals surface area contributed by atoms with Crippen LogP contribution in [0.1, 0.15) is 30.0 Å². The lowest BCUT2D eigenvalue weighted by atomic mass is 9.94. The van der Waals surface area contributed by atoms with Crippen LogP contribution in [0.15, 0.2) is 29.8 Å². The number of benzene rings is 1. The van der Waals surface area contributed by atoms with Gasteiger partial charge in [-0.15, -0.1) is 0 Å². The Balaban J connectivity index is 1.40. The van der Waals surface area contributed by atoms with Crippen LogP contribution >= 0.6 is 0 Å². The molecule has 4 amide bonds. The van der Waals surface area contributed by atoms with E-state index in [4.69, 9.17) is 0 Å². The lowest BCUT2D eigenvalue weighted by molar-refractivity contribution is -0.122. The maximum Gasteiger partial charge on any atom is 0.322 e. The molecule has 9 heteroatoms. The monoisotopic (exact) mass is 440 g/mol. The van der Waals surface area contributed by atoms with Gasteiger partial charge in [0.05, 0.1) is 16.7 Å². The molecule has 3 aliphatic rings. The predicted octanol–water partition coefficient (Wildman–Crippen LogP) is 0.447. The van der Waals surface area contributed by atoms with Crippen LogP contribution in [0.4, 0.5) is 4.79 Å². The third-order valence-corrected chi connectivity index (χ3v) is 7.52. The van der Waals surface area contributed by atoms with Crippen molar-refractivity contribution in [2.45, 2.75) is 31.8 Å². The van der Waals surface area contributed by atoms with E-state index in [1.54, 1.807) is 16.1 Å². The second-order valence-corrected chi connectivity index (χ2v) is 9.54. The molecular formula is C22H24N4O4S. The van der Waals surface area contributed by atoms with Crippen molar-refractivity contribution in [2.24, 2.45) is 0 Å². The molecule has 0 aromatic heterocycles. The van der Waals surface area contributed by atoms with Crippen LogP contribution < -0.4 is 10.6 Å². The van der Waals surface area contributed by atoms with Gasteiger partial charge in [0.15, 0.2) is 0 Å². The van der Waals surface area contributed by atoms with E-state index in [0.29, 0.717) is 32.6 Å². The lowest BCUT2D eigenvalue weighted by Gasteiger charge is -2.27. The van der Waals surface area contributed by atoms with E-state index in [-0.39, 0.29) is 5.75 Å². The molecule has 1 aromatic rings. The Morgan fingerprint density at radius 2 is 2.06 bits per heavy atom. The first-order chi connectivity index (χ1) is 14.9. The highest BCUT2D eigenvalue weighted by atomic mass is 32.2. The Morgan fingerprint density at radius 3 is 2.74 bits per heavy atom. The summed E-state index contributed by atoms with van der Waals surface area (Å²) >= 11 is 0. The van der Waals surface area contributed by atoms with Crippen molar-refractivity contribution < 1.29 is 18.6 Å². The summed E-state index contributed by atoms with van der Waals surface area (Å²) < 4.78 is 14.5. The third kappa shape index (κ3) is 4.55. The van der Waals surface area contributed by atoms with Gasteiger partial charge >= 0.3 is 6.03 Å². The zero-order chi connectivity index (χ0) is 22.0. The van der Waals surface area contributed by atoms with Crippen molar-refractivity contribution in [1.82, 2.24) is 19.8 Å². The highest BCUT2D eigenvalue weighted by molar-refractivity contribution is 7.82. The summed E-state index contributed by atoms with van der Waals surface area (Å²) in [7, 11) is -1.40. The van der Waals surface area contributed by atoms with Gasteiger partial charge in [0, 0.05) is 37.3 Å². The fraction of sp³-hybridized carbons (Fsp3) is 0.409. The molecule has 31 heavy (non-hydrogen) atoms. The molecule has 162 valence electrons. The Bertz CT molecular complexity index is 1060. The Morgan fingerprint density at radius 1 is 1.23 bits per heavy atom. The van der Waals surface area contributed by atoms with Crippen molar-refractivity contribution in [3.05, 3.63) is 46.5 Å². The molecule has 3 aliphatic heterocycles. The van der Waals surface area contributed by atoms with Gasteiger partial charge in [-0.1, -0.05) is 30.0 Å². The molecule has 0 spiro atoms. The number of fused-ring (bicyclic) bond motifs is 1. The van der Waals surface area contributed by atoms with E-state index < -0.39 is 28.5 Å². The smallest absolute Gasteiger partial charge is 0.322 e. The largest absolute Gasteiger partial charge is 0.341 e.